The maximum Gasteiger partial charge on any atom is 0.332 e. The Morgan fingerprint density at radius 2 is 1.84 bits per heavy atom. The Labute approximate surface area is 148 Å². The van der Waals surface area contributed by atoms with Gasteiger partial charge in [0.25, 0.3) is 5.56 Å². The molecule has 5 nitrogen and oxygen atoms in total. The number of aromatic nitrogens is 3. The van der Waals surface area contributed by atoms with Crippen molar-refractivity contribution in [2.75, 3.05) is 0 Å². The van der Waals surface area contributed by atoms with Gasteiger partial charge in [-0.3, -0.25) is 13.9 Å². The highest BCUT2D eigenvalue weighted by Gasteiger charge is 2.17. The molecule has 0 saturated carbocycles. The first-order chi connectivity index (χ1) is 12.0. The number of pyridine rings is 1. The Balaban J connectivity index is 2.20. The lowest BCUT2D eigenvalue weighted by molar-refractivity contribution is 0.617. The summed E-state index contributed by atoms with van der Waals surface area (Å²) >= 11 is 1.40. The van der Waals surface area contributed by atoms with Gasteiger partial charge in [-0.05, 0) is 23.6 Å². The number of halogens is 1. The fourth-order valence-corrected chi connectivity index (χ4v) is 3.96. The summed E-state index contributed by atoms with van der Waals surface area (Å²) in [5.74, 6) is 0.122. The van der Waals surface area contributed by atoms with Crippen LogP contribution in [0, 0.1) is 5.82 Å². The Bertz CT molecular complexity index is 1070. The molecule has 1 aromatic carbocycles. The molecule has 0 aliphatic rings. The SMILES string of the molecule is CCc1cnc2c(c1SCc1ccccc1F)c(=O)n(C)c(=O)n2C. The molecule has 3 rings (SSSR count). The molecule has 0 unspecified atom stereocenters. The van der Waals surface area contributed by atoms with Crippen LogP contribution in [0.4, 0.5) is 4.39 Å². The predicted molar refractivity (Wildman–Crippen MR) is 97.6 cm³/mol. The zero-order valence-electron chi connectivity index (χ0n) is 14.2. The first-order valence-electron chi connectivity index (χ1n) is 7.89. The van der Waals surface area contributed by atoms with Gasteiger partial charge in [0.1, 0.15) is 11.5 Å². The zero-order valence-corrected chi connectivity index (χ0v) is 15.1. The van der Waals surface area contributed by atoms with Crippen molar-refractivity contribution < 1.29 is 4.39 Å². The Morgan fingerprint density at radius 3 is 2.52 bits per heavy atom. The molecule has 0 fully saturated rings. The molecule has 7 heteroatoms. The van der Waals surface area contributed by atoms with E-state index >= 15 is 0 Å². The Kier molecular flexibility index (Phi) is 4.76. The molecule has 130 valence electrons. The van der Waals surface area contributed by atoms with E-state index in [1.54, 1.807) is 31.4 Å². The topological polar surface area (TPSA) is 56.9 Å². The van der Waals surface area contributed by atoms with Crippen molar-refractivity contribution in [2.45, 2.75) is 24.0 Å². The van der Waals surface area contributed by atoms with Gasteiger partial charge in [0.2, 0.25) is 0 Å². The Hall–Kier alpha value is -2.41. The first-order valence-corrected chi connectivity index (χ1v) is 8.88. The summed E-state index contributed by atoms with van der Waals surface area (Å²) in [6.45, 7) is 1.97. The van der Waals surface area contributed by atoms with Crippen LogP contribution in [0.25, 0.3) is 11.0 Å². The maximum absolute atomic E-state index is 13.9. The molecular weight excluding hydrogens is 341 g/mol. The molecule has 3 aromatic rings. The van der Waals surface area contributed by atoms with E-state index in [1.807, 2.05) is 6.92 Å². The van der Waals surface area contributed by atoms with Gasteiger partial charge in [-0.25, -0.2) is 14.2 Å². The molecule has 0 atom stereocenters. The molecular formula is C18H18FN3O2S. The monoisotopic (exact) mass is 359 g/mol. The van der Waals surface area contributed by atoms with Crippen molar-refractivity contribution in [3.8, 4) is 0 Å². The number of benzene rings is 1. The number of fused-ring (bicyclic) bond motifs is 1. The molecule has 0 amide bonds. The van der Waals surface area contributed by atoms with Gasteiger partial charge in [0.15, 0.2) is 0 Å². The minimum absolute atomic E-state index is 0.272. The zero-order chi connectivity index (χ0) is 18.1. The van der Waals surface area contributed by atoms with E-state index in [4.69, 9.17) is 0 Å². The van der Waals surface area contributed by atoms with Crippen molar-refractivity contribution in [1.29, 1.82) is 0 Å². The lowest BCUT2D eigenvalue weighted by Crippen LogP contribution is -2.37. The lowest BCUT2D eigenvalue weighted by atomic mass is 10.2. The molecule has 0 aliphatic heterocycles. The molecule has 2 aromatic heterocycles. The van der Waals surface area contributed by atoms with Crippen molar-refractivity contribution in [1.82, 2.24) is 14.1 Å². The van der Waals surface area contributed by atoms with Crippen LogP contribution in [0.1, 0.15) is 18.1 Å². The van der Waals surface area contributed by atoms with Crippen LogP contribution in [0.15, 0.2) is 44.9 Å². The van der Waals surface area contributed by atoms with Crippen molar-refractivity contribution in [3.63, 3.8) is 0 Å². The van der Waals surface area contributed by atoms with E-state index < -0.39 is 5.69 Å². The Morgan fingerprint density at radius 1 is 1.12 bits per heavy atom. The predicted octanol–water partition coefficient (Wildman–Crippen LogP) is 2.63. The van der Waals surface area contributed by atoms with Crippen LogP contribution in [0.3, 0.4) is 0 Å². The standard InChI is InChI=1S/C18H18FN3O2S/c1-4-11-9-20-16-14(17(23)22(3)18(24)21(16)2)15(11)25-10-12-7-5-6-8-13(12)19/h5-9H,4,10H2,1-3H3. The molecule has 25 heavy (non-hydrogen) atoms. The number of rotatable bonds is 4. The molecule has 0 saturated heterocycles. The van der Waals surface area contributed by atoms with Gasteiger partial charge in [0.05, 0.1) is 5.39 Å². The van der Waals surface area contributed by atoms with Crippen LogP contribution in [-0.4, -0.2) is 14.1 Å². The summed E-state index contributed by atoms with van der Waals surface area (Å²) in [7, 11) is 3.04. The van der Waals surface area contributed by atoms with Crippen LogP contribution >= 0.6 is 11.8 Å². The largest absolute Gasteiger partial charge is 0.332 e. The van der Waals surface area contributed by atoms with Gasteiger partial charge in [-0.2, -0.15) is 0 Å². The lowest BCUT2D eigenvalue weighted by Gasteiger charge is -2.13. The molecule has 0 radical (unpaired) electrons. The van der Waals surface area contributed by atoms with Crippen LogP contribution < -0.4 is 11.2 Å². The first kappa shape index (κ1) is 17.4. The summed E-state index contributed by atoms with van der Waals surface area (Å²) in [6.07, 6.45) is 2.37. The van der Waals surface area contributed by atoms with Gasteiger partial charge >= 0.3 is 5.69 Å². The van der Waals surface area contributed by atoms with E-state index in [9.17, 15) is 14.0 Å². The molecule has 0 spiro atoms. The fraction of sp³-hybridized carbons (Fsp3) is 0.278. The molecule has 2 heterocycles. The smallest absolute Gasteiger partial charge is 0.280 e. The van der Waals surface area contributed by atoms with Crippen molar-refractivity contribution in [3.05, 3.63) is 68.2 Å². The average molecular weight is 359 g/mol. The second-order valence-electron chi connectivity index (χ2n) is 5.75. The van der Waals surface area contributed by atoms with Gasteiger partial charge < -0.3 is 0 Å². The normalized spacial score (nSPS) is 11.2. The van der Waals surface area contributed by atoms with Gasteiger partial charge in [-0.1, -0.05) is 25.1 Å². The molecule has 0 bridgehead atoms. The van der Waals surface area contributed by atoms with E-state index in [2.05, 4.69) is 4.98 Å². The summed E-state index contributed by atoms with van der Waals surface area (Å²) in [5.41, 5.74) is 1.03. The summed E-state index contributed by atoms with van der Waals surface area (Å²) in [4.78, 5) is 29.9. The molecule has 0 N–H and O–H groups in total. The van der Waals surface area contributed by atoms with E-state index in [0.717, 1.165) is 15.0 Å². The number of aryl methyl sites for hydroxylation is 2. The van der Waals surface area contributed by atoms with E-state index in [1.165, 1.54) is 29.4 Å². The van der Waals surface area contributed by atoms with Gasteiger partial charge in [0, 0.05) is 30.9 Å². The summed E-state index contributed by atoms with van der Waals surface area (Å²) in [6, 6.07) is 6.58. The number of nitrogens with zero attached hydrogens (tertiary/aromatic N) is 3. The maximum atomic E-state index is 13.9. The third-order valence-corrected chi connectivity index (χ3v) is 5.42. The summed E-state index contributed by atoms with van der Waals surface area (Å²) < 4.78 is 16.4. The van der Waals surface area contributed by atoms with Crippen molar-refractivity contribution in [2.24, 2.45) is 14.1 Å². The van der Waals surface area contributed by atoms with Crippen molar-refractivity contribution >= 4 is 22.8 Å². The van der Waals surface area contributed by atoms with Crippen LogP contribution in [0.2, 0.25) is 0 Å². The minimum Gasteiger partial charge on any atom is -0.280 e. The highest BCUT2D eigenvalue weighted by atomic mass is 32.2. The number of thioether (sulfide) groups is 1. The fourth-order valence-electron chi connectivity index (χ4n) is 2.72. The highest BCUT2D eigenvalue weighted by molar-refractivity contribution is 7.98. The quantitative estimate of drug-likeness (QED) is 0.672. The second-order valence-corrected chi connectivity index (χ2v) is 6.74. The minimum atomic E-state index is -0.417. The summed E-state index contributed by atoms with van der Waals surface area (Å²) in [5, 5.41) is 0.408. The second kappa shape index (κ2) is 6.84. The highest BCUT2D eigenvalue weighted by Crippen LogP contribution is 2.31. The number of hydrogen-bond acceptors (Lipinski definition) is 4. The van der Waals surface area contributed by atoms with Crippen LogP contribution in [-0.2, 0) is 26.3 Å². The third-order valence-electron chi connectivity index (χ3n) is 4.21. The number of hydrogen-bond donors (Lipinski definition) is 0. The third kappa shape index (κ3) is 3.00. The van der Waals surface area contributed by atoms with Crippen LogP contribution in [0.5, 0.6) is 0 Å². The molecule has 0 aliphatic carbocycles. The van der Waals surface area contributed by atoms with Gasteiger partial charge in [-0.15, -0.1) is 11.8 Å². The van der Waals surface area contributed by atoms with E-state index in [0.29, 0.717) is 28.8 Å². The average Bonchev–Trinajstić information content (AvgIpc) is 2.63. The van der Waals surface area contributed by atoms with E-state index in [-0.39, 0.29) is 11.4 Å².